The monoisotopic (exact) mass is 244 g/mol. The lowest BCUT2D eigenvalue weighted by Crippen LogP contribution is -2.38. The predicted molar refractivity (Wildman–Crippen MR) is 65.9 cm³/mol. The molecule has 1 aliphatic rings. The number of ether oxygens (including phenoxy) is 1. The van der Waals surface area contributed by atoms with Crippen LogP contribution in [-0.2, 0) is 4.74 Å². The van der Waals surface area contributed by atoms with E-state index >= 15 is 0 Å². The van der Waals surface area contributed by atoms with E-state index in [0.717, 1.165) is 19.4 Å². The fourth-order valence-corrected chi connectivity index (χ4v) is 1.49. The molecule has 5 heteroatoms. The van der Waals surface area contributed by atoms with Gasteiger partial charge in [-0.3, -0.25) is 0 Å². The van der Waals surface area contributed by atoms with E-state index in [1.807, 2.05) is 20.8 Å². The molecule has 0 bridgehead atoms. The van der Waals surface area contributed by atoms with E-state index in [1.54, 1.807) is 0 Å². The van der Waals surface area contributed by atoms with Gasteiger partial charge in [0.05, 0.1) is 0 Å². The van der Waals surface area contributed by atoms with Crippen LogP contribution in [0.4, 0.5) is 4.79 Å². The lowest BCUT2D eigenvalue weighted by molar-refractivity contribution is 0.0528. The van der Waals surface area contributed by atoms with Crippen LogP contribution >= 0.6 is 0 Å². The van der Waals surface area contributed by atoms with Crippen molar-refractivity contribution in [3.8, 4) is 0 Å². The van der Waals surface area contributed by atoms with Crippen molar-refractivity contribution in [3.05, 3.63) is 0 Å². The molecule has 0 atom stereocenters. The van der Waals surface area contributed by atoms with Gasteiger partial charge in [-0.15, -0.1) is 0 Å². The van der Waals surface area contributed by atoms with Crippen molar-refractivity contribution in [1.29, 1.82) is 0 Å². The SMILES string of the molecule is CC(C)(C)OC(=O)NCCNCC1(CO)CC1. The summed E-state index contributed by atoms with van der Waals surface area (Å²) in [6.45, 7) is 7.81. The van der Waals surface area contributed by atoms with Crippen molar-refractivity contribution in [3.63, 3.8) is 0 Å². The molecular weight excluding hydrogens is 220 g/mol. The van der Waals surface area contributed by atoms with E-state index in [-0.39, 0.29) is 18.1 Å². The van der Waals surface area contributed by atoms with Crippen LogP contribution in [0.3, 0.4) is 0 Å². The average Bonchev–Trinajstić information content (AvgIpc) is 2.95. The normalized spacial score (nSPS) is 17.6. The van der Waals surface area contributed by atoms with Crippen molar-refractivity contribution in [2.45, 2.75) is 39.2 Å². The molecule has 0 spiro atoms. The Morgan fingerprint density at radius 3 is 2.47 bits per heavy atom. The minimum Gasteiger partial charge on any atom is -0.444 e. The lowest BCUT2D eigenvalue weighted by Gasteiger charge is -2.20. The van der Waals surface area contributed by atoms with E-state index < -0.39 is 5.60 Å². The van der Waals surface area contributed by atoms with Crippen LogP contribution in [-0.4, -0.2) is 43.0 Å². The molecule has 3 N–H and O–H groups in total. The second-order valence-corrected chi connectivity index (χ2v) is 5.76. The molecule has 1 rings (SSSR count). The van der Waals surface area contributed by atoms with Crippen molar-refractivity contribution in [2.24, 2.45) is 5.41 Å². The molecule has 1 fully saturated rings. The van der Waals surface area contributed by atoms with Gasteiger partial charge in [0.15, 0.2) is 0 Å². The maximum Gasteiger partial charge on any atom is 0.407 e. The number of amides is 1. The second-order valence-electron chi connectivity index (χ2n) is 5.76. The molecule has 0 unspecified atom stereocenters. The smallest absolute Gasteiger partial charge is 0.407 e. The molecule has 1 saturated carbocycles. The largest absolute Gasteiger partial charge is 0.444 e. The minimum absolute atomic E-state index is 0.117. The van der Waals surface area contributed by atoms with E-state index in [0.29, 0.717) is 13.1 Å². The van der Waals surface area contributed by atoms with Crippen LogP contribution in [0.25, 0.3) is 0 Å². The van der Waals surface area contributed by atoms with Gasteiger partial charge in [0.1, 0.15) is 5.60 Å². The Balaban J connectivity index is 1.99. The molecule has 0 aromatic carbocycles. The van der Waals surface area contributed by atoms with Crippen LogP contribution in [0.15, 0.2) is 0 Å². The first-order valence-electron chi connectivity index (χ1n) is 6.15. The van der Waals surface area contributed by atoms with Gasteiger partial charge < -0.3 is 20.5 Å². The van der Waals surface area contributed by atoms with Crippen molar-refractivity contribution < 1.29 is 14.6 Å². The number of hydrogen-bond donors (Lipinski definition) is 3. The van der Waals surface area contributed by atoms with Crippen LogP contribution in [0, 0.1) is 5.41 Å². The Bertz CT molecular complexity index is 257. The number of aliphatic hydroxyl groups excluding tert-OH is 1. The molecule has 0 saturated heterocycles. The zero-order valence-corrected chi connectivity index (χ0v) is 11.0. The summed E-state index contributed by atoms with van der Waals surface area (Å²) in [5, 5.41) is 15.0. The van der Waals surface area contributed by atoms with E-state index in [4.69, 9.17) is 9.84 Å². The third-order valence-corrected chi connectivity index (χ3v) is 2.76. The van der Waals surface area contributed by atoms with Gasteiger partial charge in [0.25, 0.3) is 0 Å². The molecule has 0 aromatic heterocycles. The number of carbonyl (C=O) groups excluding carboxylic acids is 1. The zero-order chi connectivity index (χ0) is 12.9. The highest BCUT2D eigenvalue weighted by Gasteiger charge is 2.41. The average molecular weight is 244 g/mol. The van der Waals surface area contributed by atoms with Crippen molar-refractivity contribution >= 4 is 6.09 Å². The zero-order valence-electron chi connectivity index (χ0n) is 11.0. The Morgan fingerprint density at radius 2 is 2.00 bits per heavy atom. The summed E-state index contributed by atoms with van der Waals surface area (Å²) in [6.07, 6.45) is 1.80. The van der Waals surface area contributed by atoms with E-state index in [1.165, 1.54) is 0 Å². The van der Waals surface area contributed by atoms with Gasteiger partial charge in [-0.05, 0) is 33.6 Å². The summed E-state index contributed by atoms with van der Waals surface area (Å²) >= 11 is 0. The molecule has 5 nitrogen and oxygen atoms in total. The van der Waals surface area contributed by atoms with Gasteiger partial charge >= 0.3 is 6.09 Å². The highest BCUT2D eigenvalue weighted by atomic mass is 16.6. The summed E-state index contributed by atoms with van der Waals surface area (Å²) < 4.78 is 5.10. The highest BCUT2D eigenvalue weighted by molar-refractivity contribution is 5.67. The standard InChI is InChI=1S/C12H24N2O3/c1-11(2,3)17-10(16)14-7-6-13-8-12(9-15)4-5-12/h13,15H,4-9H2,1-3H3,(H,14,16). The van der Waals surface area contributed by atoms with Crippen LogP contribution in [0.1, 0.15) is 33.6 Å². The van der Waals surface area contributed by atoms with Gasteiger partial charge in [0.2, 0.25) is 0 Å². The molecule has 17 heavy (non-hydrogen) atoms. The summed E-state index contributed by atoms with van der Waals surface area (Å²) in [4.78, 5) is 11.3. The first kappa shape index (κ1) is 14.3. The lowest BCUT2D eigenvalue weighted by atomic mass is 10.1. The maximum atomic E-state index is 11.3. The summed E-state index contributed by atoms with van der Waals surface area (Å²) in [5.41, 5.74) is -0.335. The second kappa shape index (κ2) is 5.69. The van der Waals surface area contributed by atoms with Crippen LogP contribution in [0.5, 0.6) is 0 Å². The highest BCUT2D eigenvalue weighted by Crippen LogP contribution is 2.44. The first-order chi connectivity index (χ1) is 7.87. The fraction of sp³-hybridized carbons (Fsp3) is 0.917. The molecule has 1 amide bonds. The Kier molecular flexibility index (Phi) is 4.77. The number of hydrogen-bond acceptors (Lipinski definition) is 4. The number of nitrogens with one attached hydrogen (secondary N) is 2. The summed E-state index contributed by atoms with van der Waals surface area (Å²) in [5.74, 6) is 0. The van der Waals surface area contributed by atoms with Gasteiger partial charge in [0, 0.05) is 31.7 Å². The molecule has 0 heterocycles. The quantitative estimate of drug-likeness (QED) is 0.606. The van der Waals surface area contributed by atoms with Crippen LogP contribution in [0.2, 0.25) is 0 Å². The molecule has 0 aliphatic heterocycles. The number of alkyl carbamates (subject to hydrolysis) is 1. The van der Waals surface area contributed by atoms with Gasteiger partial charge in [-0.25, -0.2) is 4.79 Å². The molecule has 1 aliphatic carbocycles. The molecular formula is C12H24N2O3. The summed E-state index contributed by atoms with van der Waals surface area (Å²) in [7, 11) is 0. The maximum absolute atomic E-state index is 11.3. The molecule has 100 valence electrons. The fourth-order valence-electron chi connectivity index (χ4n) is 1.49. The predicted octanol–water partition coefficient (Wildman–Crippen LogP) is 0.873. The van der Waals surface area contributed by atoms with E-state index in [2.05, 4.69) is 10.6 Å². The van der Waals surface area contributed by atoms with Crippen molar-refractivity contribution in [2.75, 3.05) is 26.2 Å². The summed E-state index contributed by atoms with van der Waals surface area (Å²) in [6, 6.07) is 0. The number of rotatable bonds is 6. The minimum atomic E-state index is -0.452. The van der Waals surface area contributed by atoms with Gasteiger partial charge in [-0.2, -0.15) is 0 Å². The van der Waals surface area contributed by atoms with Crippen molar-refractivity contribution in [1.82, 2.24) is 10.6 Å². The van der Waals surface area contributed by atoms with E-state index in [9.17, 15) is 4.79 Å². The Morgan fingerprint density at radius 1 is 1.35 bits per heavy atom. The van der Waals surface area contributed by atoms with Gasteiger partial charge in [-0.1, -0.05) is 0 Å². The van der Waals surface area contributed by atoms with Crippen LogP contribution < -0.4 is 10.6 Å². The number of aliphatic hydroxyl groups is 1. The first-order valence-corrected chi connectivity index (χ1v) is 6.15. The molecule has 0 radical (unpaired) electrons. The third-order valence-electron chi connectivity index (χ3n) is 2.76. The Hall–Kier alpha value is -0.810. The number of carbonyl (C=O) groups is 1. The Labute approximate surface area is 103 Å². The topological polar surface area (TPSA) is 70.6 Å². The molecule has 0 aromatic rings. The third kappa shape index (κ3) is 5.89.